The zero-order valence-corrected chi connectivity index (χ0v) is 41.8. The molecule has 4 saturated carbocycles. The molecule has 6 aliphatic carbocycles. The van der Waals surface area contributed by atoms with E-state index in [2.05, 4.69) is 45.0 Å². The third-order valence-electron chi connectivity index (χ3n) is 13.3. The third kappa shape index (κ3) is 10.2. The van der Waals surface area contributed by atoms with Crippen LogP contribution in [0.4, 0.5) is 0 Å². The summed E-state index contributed by atoms with van der Waals surface area (Å²) in [5.74, 6) is 5.48. The number of Topliss-reactive ketones (excluding diaryl/α,β-unsaturated/α-hetero) is 2. The highest BCUT2D eigenvalue weighted by Crippen LogP contribution is 2.61. The molecule has 4 fully saturated rings. The Kier molecular flexibility index (Phi) is 17.0. The van der Waals surface area contributed by atoms with Crippen LogP contribution in [0.15, 0.2) is 36.4 Å². The summed E-state index contributed by atoms with van der Waals surface area (Å²) in [5, 5.41) is 9.67. The molecule has 3 nitrogen and oxygen atoms in total. The predicted octanol–water partition coefficient (Wildman–Crippen LogP) is 8.20. The van der Waals surface area contributed by atoms with Gasteiger partial charge < -0.3 is 5.11 Å². The molecule has 0 spiro atoms. The Labute approximate surface area is 364 Å². The van der Waals surface area contributed by atoms with Crippen LogP contribution in [-0.4, -0.2) is 16.7 Å². The van der Waals surface area contributed by atoms with Crippen LogP contribution >= 0.6 is 0 Å². The Morgan fingerprint density at radius 3 is 1.46 bits per heavy atom. The minimum Gasteiger partial charge on any atom is -0.508 e. The maximum atomic E-state index is 12.3. The van der Waals surface area contributed by atoms with Crippen LogP contribution in [0, 0.1) is 41.4 Å². The fourth-order valence-electron chi connectivity index (χ4n) is 10.9. The number of phenolic OH excluding ortho intramolecular Hbond substituents is 1. The summed E-state index contributed by atoms with van der Waals surface area (Å²) in [7, 11) is 19.9. The smallest absolute Gasteiger partial charge is 0.139 e. The molecular formula is C37H46O3S14. The van der Waals surface area contributed by atoms with Gasteiger partial charge in [-0.05, 0) is 141 Å². The molecule has 6 aliphatic rings. The summed E-state index contributed by atoms with van der Waals surface area (Å²) in [5.41, 5.74) is 7.34. The van der Waals surface area contributed by atoms with Crippen molar-refractivity contribution in [2.24, 2.45) is 34.5 Å². The fraction of sp³-hybridized carbons (Fsp3) is 0.622. The van der Waals surface area contributed by atoms with E-state index in [0.29, 0.717) is 41.0 Å². The molecule has 0 bridgehead atoms. The average Bonchev–Trinajstić information content (AvgIpc) is 3.65. The molecule has 1 N–H and O–H groups in total. The van der Waals surface area contributed by atoms with Gasteiger partial charge in [0.05, 0.1) is 0 Å². The van der Waals surface area contributed by atoms with Crippen molar-refractivity contribution < 1.29 is 14.7 Å². The van der Waals surface area contributed by atoms with Gasteiger partial charge in [-0.3, -0.25) is 9.59 Å². The summed E-state index contributed by atoms with van der Waals surface area (Å²) >= 11 is 9.43. The Hall–Kier alpha value is 0.660. The number of aromatic hydroxyl groups is 1. The Bertz CT molecular complexity index is 2180. The van der Waals surface area contributed by atoms with Crippen molar-refractivity contribution in [2.45, 2.75) is 110 Å². The topological polar surface area (TPSA) is 54.4 Å². The number of hydrogen-bond donors (Lipinski definition) is 1. The van der Waals surface area contributed by atoms with Gasteiger partial charge in [0.2, 0.25) is 0 Å². The number of ketones is 2. The highest BCUT2D eigenvalue weighted by atomic mass is 33.5. The first-order valence-electron chi connectivity index (χ1n) is 18.3. The second kappa shape index (κ2) is 20.8. The van der Waals surface area contributed by atoms with Crippen LogP contribution in [-0.2, 0) is 151 Å². The van der Waals surface area contributed by atoms with Crippen molar-refractivity contribution in [3.05, 3.63) is 64.2 Å². The molecule has 296 valence electrons. The first-order valence-corrected chi connectivity index (χ1v) is 35.7. The number of carbonyl (C=O) groups is 2. The van der Waals surface area contributed by atoms with E-state index in [1.165, 1.54) is 60.1 Å². The van der Waals surface area contributed by atoms with E-state index < -0.39 is 0 Å². The predicted molar refractivity (Wildman–Crippen MR) is 262 cm³/mol. The normalized spacial score (nSPS) is 30.8. The van der Waals surface area contributed by atoms with Crippen LogP contribution in [0.25, 0.3) is 0 Å². The van der Waals surface area contributed by atoms with Gasteiger partial charge in [-0.15, -0.1) is 0 Å². The van der Waals surface area contributed by atoms with Crippen LogP contribution in [0.2, 0.25) is 0 Å². The first kappa shape index (κ1) is 44.2. The van der Waals surface area contributed by atoms with E-state index in [9.17, 15) is 14.7 Å². The third-order valence-corrected chi connectivity index (χ3v) is 37.8. The fourth-order valence-corrected chi connectivity index (χ4v) is 38.4. The molecule has 8 atom stereocenters. The molecule has 0 aromatic heterocycles. The Balaban J connectivity index is 0.000000141. The largest absolute Gasteiger partial charge is 0.508 e. The Morgan fingerprint density at radius 1 is 0.574 bits per heavy atom. The van der Waals surface area contributed by atoms with Crippen LogP contribution in [0.5, 0.6) is 5.75 Å². The van der Waals surface area contributed by atoms with Gasteiger partial charge in [0, 0.05) is 153 Å². The average molecular weight is 988 g/mol. The number of fused-ring (bicyclic) bond motifs is 10. The lowest BCUT2D eigenvalue weighted by atomic mass is 9.55. The van der Waals surface area contributed by atoms with Gasteiger partial charge in [0.15, 0.2) is 0 Å². The second-order valence-electron chi connectivity index (χ2n) is 15.6. The van der Waals surface area contributed by atoms with Gasteiger partial charge in [-0.25, -0.2) is 0 Å². The molecular weight excluding hydrogens is 941 g/mol. The summed E-state index contributed by atoms with van der Waals surface area (Å²) < 4.78 is 0. The van der Waals surface area contributed by atoms with E-state index >= 15 is 0 Å². The molecule has 0 heterocycles. The van der Waals surface area contributed by atoms with Gasteiger partial charge in [-0.1, -0.05) is 43.7 Å². The highest BCUT2D eigenvalue weighted by Gasteiger charge is 2.55. The lowest BCUT2D eigenvalue weighted by molar-refractivity contribution is -0.130. The van der Waals surface area contributed by atoms with Gasteiger partial charge >= 0.3 is 0 Å². The van der Waals surface area contributed by atoms with Crippen molar-refractivity contribution in [1.82, 2.24) is 0 Å². The van der Waals surface area contributed by atoms with Crippen LogP contribution in [0.1, 0.15) is 118 Å². The molecule has 17 heteroatoms. The first-order chi connectivity index (χ1) is 26.1. The van der Waals surface area contributed by atoms with Gasteiger partial charge in [-0.2, -0.15) is 0 Å². The summed E-state index contributed by atoms with van der Waals surface area (Å²) in [6.07, 6.45) is 13.2. The van der Waals surface area contributed by atoms with E-state index in [0.717, 1.165) is 63.2 Å². The number of carbonyl (C=O) groups excluding carboxylic acids is 2. The van der Waals surface area contributed by atoms with Gasteiger partial charge in [0.1, 0.15) is 17.3 Å². The number of phenols is 1. The van der Waals surface area contributed by atoms with Crippen molar-refractivity contribution in [2.75, 3.05) is 0 Å². The SMILES string of the molecule is C[C@]12CC[C@@H]3c4ccc(O)cc4CC[C@H]3[C@@H]1CCC2=O.Cc1ccc2c(c1)CC[C@@H]1[C@@H]2CC[C@]2(C)C(=O)CC[C@@H]12.S=S=S=S=S=S=S=S=S=S=S=S=S=S. The summed E-state index contributed by atoms with van der Waals surface area (Å²) in [6, 6.07) is 12.9. The number of hydrogen-bond acceptors (Lipinski definition) is 5. The van der Waals surface area contributed by atoms with Gasteiger partial charge in [0.25, 0.3) is 0 Å². The molecule has 0 aliphatic heterocycles. The minimum absolute atomic E-state index is 0.0172. The molecule has 0 amide bonds. The maximum Gasteiger partial charge on any atom is 0.139 e. The van der Waals surface area contributed by atoms with Crippen LogP contribution in [0.3, 0.4) is 0 Å². The standard InChI is InChI=1S/C19H24O.C18H22O2.S14/c1-12-3-5-14-13(11-12)4-6-16-15(14)9-10-19(2)17(16)7-8-18(19)20;1-18-9-8-14-13-5-3-12(19)10-11(13)2-4-15(14)16(18)6-7-17(18)20;1-3-5-7-9-11-13-14-12-10-8-6-4-2/h3,5,11,15-17H,4,6-10H2,1-2H3;3,5,10,14-16,19H,2,4,6-9H2,1H3;/t15-,16-,17+,19+;14-,15-,16+,18+;/m11./s1. The number of rotatable bonds is 0. The van der Waals surface area contributed by atoms with Crippen molar-refractivity contribution in [3.8, 4) is 5.75 Å². The molecule has 0 radical (unpaired) electrons. The molecule has 2 aromatic rings. The zero-order valence-electron chi connectivity index (χ0n) is 30.4. The maximum absolute atomic E-state index is 12.3. The quantitative estimate of drug-likeness (QED) is 0.289. The monoisotopic (exact) mass is 986 g/mol. The molecule has 0 unspecified atom stereocenters. The molecule has 8 rings (SSSR count). The summed E-state index contributed by atoms with van der Waals surface area (Å²) in [6.45, 7) is 6.67. The minimum atomic E-state index is -0.0322. The van der Waals surface area contributed by atoms with Crippen molar-refractivity contribution >= 4 is 141 Å². The lowest BCUT2D eigenvalue weighted by Crippen LogP contribution is -2.42. The zero-order chi connectivity index (χ0) is 38.3. The van der Waals surface area contributed by atoms with E-state index in [1.54, 1.807) is 99.9 Å². The van der Waals surface area contributed by atoms with E-state index in [1.807, 2.05) is 12.1 Å². The van der Waals surface area contributed by atoms with E-state index in [-0.39, 0.29) is 10.8 Å². The molecule has 54 heavy (non-hydrogen) atoms. The summed E-state index contributed by atoms with van der Waals surface area (Å²) in [4.78, 5) is 24.6. The Morgan fingerprint density at radius 2 is 1.00 bits per heavy atom. The van der Waals surface area contributed by atoms with Crippen LogP contribution < -0.4 is 0 Å². The number of aryl methyl sites for hydroxylation is 3. The highest BCUT2D eigenvalue weighted by molar-refractivity contribution is 8.76. The molecule has 0 saturated heterocycles. The van der Waals surface area contributed by atoms with E-state index in [4.69, 9.17) is 22.4 Å². The lowest BCUT2D eigenvalue weighted by Gasteiger charge is -2.48. The second-order valence-corrected chi connectivity index (χ2v) is 36.8. The number of benzene rings is 2. The molecule has 2 aromatic carbocycles. The van der Waals surface area contributed by atoms with Crippen molar-refractivity contribution in [3.63, 3.8) is 0 Å². The van der Waals surface area contributed by atoms with Crippen molar-refractivity contribution in [1.29, 1.82) is 0 Å².